The number of likely N-dealkylation sites (N-methyl/N-ethyl adjacent to an activating group) is 1. The van der Waals surface area contributed by atoms with Gasteiger partial charge in [0.1, 0.15) is 0 Å². The average molecular weight is 269 g/mol. The molecule has 0 radical (unpaired) electrons. The van der Waals surface area contributed by atoms with E-state index in [0.29, 0.717) is 6.04 Å². The lowest BCUT2D eigenvalue weighted by molar-refractivity contribution is 0.288. The van der Waals surface area contributed by atoms with Crippen LogP contribution in [0.3, 0.4) is 0 Å². The summed E-state index contributed by atoms with van der Waals surface area (Å²) in [6.07, 6.45) is 1.91. The SMILES string of the molecule is Cc1ccc(CNCC(c2ccccc2)N(C)C)nc1. The second-order valence-corrected chi connectivity index (χ2v) is 5.35. The van der Waals surface area contributed by atoms with Crippen molar-refractivity contribution in [2.75, 3.05) is 20.6 Å². The van der Waals surface area contributed by atoms with E-state index in [4.69, 9.17) is 0 Å². The second-order valence-electron chi connectivity index (χ2n) is 5.35. The van der Waals surface area contributed by atoms with Gasteiger partial charge in [-0.25, -0.2) is 0 Å². The van der Waals surface area contributed by atoms with Crippen LogP contribution in [-0.4, -0.2) is 30.5 Å². The summed E-state index contributed by atoms with van der Waals surface area (Å²) in [5.74, 6) is 0. The van der Waals surface area contributed by atoms with Crippen molar-refractivity contribution >= 4 is 0 Å². The number of pyridine rings is 1. The van der Waals surface area contributed by atoms with E-state index in [-0.39, 0.29) is 0 Å². The summed E-state index contributed by atoms with van der Waals surface area (Å²) >= 11 is 0. The maximum Gasteiger partial charge on any atom is 0.0541 e. The van der Waals surface area contributed by atoms with Crippen LogP contribution in [0.15, 0.2) is 48.7 Å². The Kier molecular flexibility index (Phi) is 5.27. The van der Waals surface area contributed by atoms with Gasteiger partial charge in [0.2, 0.25) is 0 Å². The predicted molar refractivity (Wildman–Crippen MR) is 83.6 cm³/mol. The van der Waals surface area contributed by atoms with Crippen molar-refractivity contribution < 1.29 is 0 Å². The van der Waals surface area contributed by atoms with Crippen molar-refractivity contribution in [1.82, 2.24) is 15.2 Å². The molecule has 1 unspecified atom stereocenters. The Morgan fingerprint density at radius 3 is 2.45 bits per heavy atom. The monoisotopic (exact) mass is 269 g/mol. The van der Waals surface area contributed by atoms with Crippen LogP contribution in [-0.2, 0) is 6.54 Å². The molecule has 1 atom stereocenters. The molecule has 0 aliphatic heterocycles. The van der Waals surface area contributed by atoms with E-state index in [1.165, 1.54) is 11.1 Å². The number of nitrogens with one attached hydrogen (secondary N) is 1. The molecule has 3 nitrogen and oxygen atoms in total. The number of aryl methyl sites for hydroxylation is 1. The molecule has 106 valence electrons. The molecule has 0 saturated carbocycles. The van der Waals surface area contributed by atoms with Gasteiger partial charge >= 0.3 is 0 Å². The van der Waals surface area contributed by atoms with Gasteiger partial charge in [-0.15, -0.1) is 0 Å². The zero-order valence-corrected chi connectivity index (χ0v) is 12.5. The highest BCUT2D eigenvalue weighted by molar-refractivity contribution is 5.19. The van der Waals surface area contributed by atoms with E-state index in [0.717, 1.165) is 18.8 Å². The molecule has 0 bridgehead atoms. The lowest BCUT2D eigenvalue weighted by Crippen LogP contribution is -2.30. The summed E-state index contributed by atoms with van der Waals surface area (Å²) < 4.78 is 0. The van der Waals surface area contributed by atoms with Gasteiger partial charge < -0.3 is 10.2 Å². The first-order valence-electron chi connectivity index (χ1n) is 7.00. The van der Waals surface area contributed by atoms with Crippen molar-refractivity contribution in [2.45, 2.75) is 19.5 Å². The molecule has 1 N–H and O–H groups in total. The summed E-state index contributed by atoms with van der Waals surface area (Å²) in [4.78, 5) is 6.66. The highest BCUT2D eigenvalue weighted by Crippen LogP contribution is 2.16. The van der Waals surface area contributed by atoms with Crippen LogP contribution in [0.25, 0.3) is 0 Å². The number of nitrogens with zero attached hydrogens (tertiary/aromatic N) is 2. The molecule has 0 saturated heterocycles. The van der Waals surface area contributed by atoms with Crippen molar-refractivity contribution in [3.63, 3.8) is 0 Å². The lowest BCUT2D eigenvalue weighted by Gasteiger charge is -2.25. The Labute approximate surface area is 121 Å². The van der Waals surface area contributed by atoms with Crippen molar-refractivity contribution in [1.29, 1.82) is 0 Å². The largest absolute Gasteiger partial charge is 0.309 e. The quantitative estimate of drug-likeness (QED) is 0.874. The standard InChI is InChI=1S/C17H23N3/c1-14-9-10-16(19-11-14)12-18-13-17(20(2)3)15-7-5-4-6-8-15/h4-11,17-18H,12-13H2,1-3H3. The first kappa shape index (κ1) is 14.7. The van der Waals surface area contributed by atoms with Crippen molar-refractivity contribution in [3.05, 3.63) is 65.5 Å². The maximum atomic E-state index is 4.42. The van der Waals surface area contributed by atoms with Crippen molar-refractivity contribution in [2.24, 2.45) is 0 Å². The van der Waals surface area contributed by atoms with E-state index in [2.05, 4.69) is 78.7 Å². The average Bonchev–Trinajstić information content (AvgIpc) is 2.46. The Morgan fingerprint density at radius 2 is 1.85 bits per heavy atom. The number of hydrogen-bond acceptors (Lipinski definition) is 3. The van der Waals surface area contributed by atoms with E-state index < -0.39 is 0 Å². The summed E-state index contributed by atoms with van der Waals surface area (Å²) in [7, 11) is 4.23. The highest BCUT2D eigenvalue weighted by atomic mass is 15.1. The normalized spacial score (nSPS) is 12.6. The third-order valence-corrected chi connectivity index (χ3v) is 3.42. The highest BCUT2D eigenvalue weighted by Gasteiger charge is 2.12. The predicted octanol–water partition coefficient (Wildman–Crippen LogP) is 2.78. The van der Waals surface area contributed by atoms with Crippen LogP contribution in [0.5, 0.6) is 0 Å². The second kappa shape index (κ2) is 7.17. The molecule has 20 heavy (non-hydrogen) atoms. The van der Waals surface area contributed by atoms with Crippen LogP contribution < -0.4 is 5.32 Å². The Bertz CT molecular complexity index is 506. The number of rotatable bonds is 6. The molecule has 2 rings (SSSR count). The van der Waals surface area contributed by atoms with E-state index >= 15 is 0 Å². The van der Waals surface area contributed by atoms with E-state index in [1.54, 1.807) is 0 Å². The zero-order chi connectivity index (χ0) is 14.4. The first-order chi connectivity index (χ1) is 9.66. The van der Waals surface area contributed by atoms with Gasteiger partial charge in [-0.1, -0.05) is 36.4 Å². The van der Waals surface area contributed by atoms with Gasteiger partial charge in [0.15, 0.2) is 0 Å². The molecule has 0 fully saturated rings. The third-order valence-electron chi connectivity index (χ3n) is 3.42. The molecule has 0 aliphatic carbocycles. The van der Waals surface area contributed by atoms with Gasteiger partial charge in [0.05, 0.1) is 5.69 Å². The summed E-state index contributed by atoms with van der Waals surface area (Å²) in [6.45, 7) is 3.77. The minimum atomic E-state index is 0.377. The molecule has 2 aromatic rings. The van der Waals surface area contributed by atoms with Crippen LogP contribution >= 0.6 is 0 Å². The van der Waals surface area contributed by atoms with Crippen LogP contribution in [0.1, 0.15) is 22.9 Å². The Balaban J connectivity index is 1.91. The lowest BCUT2D eigenvalue weighted by atomic mass is 10.1. The molecule has 1 aromatic carbocycles. The first-order valence-corrected chi connectivity index (χ1v) is 7.00. The molecule has 1 heterocycles. The zero-order valence-electron chi connectivity index (χ0n) is 12.5. The van der Waals surface area contributed by atoms with Crippen LogP contribution in [0, 0.1) is 6.92 Å². The van der Waals surface area contributed by atoms with Gasteiger partial charge in [0, 0.05) is 25.3 Å². The summed E-state index contributed by atoms with van der Waals surface area (Å²) in [5.41, 5.74) is 3.62. The number of hydrogen-bond donors (Lipinski definition) is 1. The van der Waals surface area contributed by atoms with Crippen LogP contribution in [0.4, 0.5) is 0 Å². The van der Waals surface area contributed by atoms with Gasteiger partial charge in [0.25, 0.3) is 0 Å². The third kappa shape index (κ3) is 4.15. The topological polar surface area (TPSA) is 28.2 Å². The molecular formula is C17H23N3. The molecule has 0 spiro atoms. The van der Waals surface area contributed by atoms with Crippen molar-refractivity contribution in [3.8, 4) is 0 Å². The summed E-state index contributed by atoms with van der Waals surface area (Å²) in [6, 6.07) is 15.1. The minimum Gasteiger partial charge on any atom is -0.309 e. The van der Waals surface area contributed by atoms with Gasteiger partial charge in [-0.3, -0.25) is 4.98 Å². The minimum absolute atomic E-state index is 0.377. The van der Waals surface area contributed by atoms with Gasteiger partial charge in [-0.05, 0) is 38.2 Å². The molecular weight excluding hydrogens is 246 g/mol. The molecule has 0 amide bonds. The van der Waals surface area contributed by atoms with E-state index in [1.807, 2.05) is 6.20 Å². The fourth-order valence-electron chi connectivity index (χ4n) is 2.21. The smallest absolute Gasteiger partial charge is 0.0541 e. The fraction of sp³-hybridized carbons (Fsp3) is 0.353. The molecule has 3 heteroatoms. The van der Waals surface area contributed by atoms with Gasteiger partial charge in [-0.2, -0.15) is 0 Å². The number of aromatic nitrogens is 1. The molecule has 0 aliphatic rings. The summed E-state index contributed by atoms with van der Waals surface area (Å²) in [5, 5.41) is 3.50. The van der Waals surface area contributed by atoms with Crippen LogP contribution in [0.2, 0.25) is 0 Å². The Morgan fingerprint density at radius 1 is 1.10 bits per heavy atom. The van der Waals surface area contributed by atoms with E-state index in [9.17, 15) is 0 Å². The molecule has 1 aromatic heterocycles. The Hall–Kier alpha value is -1.71. The fourth-order valence-corrected chi connectivity index (χ4v) is 2.21. The number of benzene rings is 1. The maximum absolute atomic E-state index is 4.42.